The first-order valence-corrected chi connectivity index (χ1v) is 6.34. The number of nitrogens with zero attached hydrogens (tertiary/aromatic N) is 1. The summed E-state index contributed by atoms with van der Waals surface area (Å²) in [5.74, 6) is -0.818. The largest absolute Gasteiger partial charge is 0.318 e. The highest BCUT2D eigenvalue weighted by Gasteiger charge is 2.14. The van der Waals surface area contributed by atoms with Gasteiger partial charge in [0.1, 0.15) is 0 Å². The van der Waals surface area contributed by atoms with Gasteiger partial charge < -0.3 is 5.32 Å². The first kappa shape index (κ1) is 15.6. The number of hydrogen-bond donors (Lipinski definition) is 2. The van der Waals surface area contributed by atoms with E-state index in [-0.39, 0.29) is 12.5 Å². The molecule has 2 N–H and O–H groups in total. The minimum Gasteiger partial charge on any atom is -0.318 e. The standard InChI is InChI=1S/C13H18ClN3O2/c1-15-7-8-17(2)9-12(18)16-13(19)10-5-3-4-6-11(10)14/h3-6,15H,7-9H2,1-2H3,(H,16,18,19). The third-order valence-corrected chi connectivity index (χ3v) is 2.86. The number of benzene rings is 1. The van der Waals surface area contributed by atoms with E-state index in [2.05, 4.69) is 10.6 Å². The summed E-state index contributed by atoms with van der Waals surface area (Å²) < 4.78 is 0. The summed E-state index contributed by atoms with van der Waals surface area (Å²) in [4.78, 5) is 25.3. The lowest BCUT2D eigenvalue weighted by Gasteiger charge is -2.15. The molecule has 0 spiro atoms. The monoisotopic (exact) mass is 283 g/mol. The van der Waals surface area contributed by atoms with Gasteiger partial charge in [-0.15, -0.1) is 0 Å². The molecular formula is C13H18ClN3O2. The second kappa shape index (κ2) is 7.89. The summed E-state index contributed by atoms with van der Waals surface area (Å²) in [5.41, 5.74) is 0.301. The highest BCUT2D eigenvalue weighted by Crippen LogP contribution is 2.14. The van der Waals surface area contributed by atoms with Gasteiger partial charge in [-0.1, -0.05) is 23.7 Å². The van der Waals surface area contributed by atoms with Crippen molar-refractivity contribution in [3.8, 4) is 0 Å². The number of rotatable bonds is 6. The second-order valence-electron chi connectivity index (χ2n) is 4.20. The number of carbonyl (C=O) groups is 2. The Morgan fingerprint density at radius 1 is 1.32 bits per heavy atom. The van der Waals surface area contributed by atoms with E-state index < -0.39 is 5.91 Å². The molecule has 0 radical (unpaired) electrons. The van der Waals surface area contributed by atoms with Crippen LogP contribution in [0.1, 0.15) is 10.4 Å². The molecule has 0 aliphatic rings. The van der Waals surface area contributed by atoms with Crippen LogP contribution in [0.15, 0.2) is 24.3 Å². The average molecular weight is 284 g/mol. The van der Waals surface area contributed by atoms with Crippen molar-refractivity contribution in [2.75, 3.05) is 33.7 Å². The summed E-state index contributed by atoms with van der Waals surface area (Å²) in [6.45, 7) is 1.67. The fourth-order valence-electron chi connectivity index (χ4n) is 1.51. The van der Waals surface area contributed by atoms with Crippen LogP contribution in [0.5, 0.6) is 0 Å². The van der Waals surface area contributed by atoms with E-state index in [4.69, 9.17) is 11.6 Å². The van der Waals surface area contributed by atoms with Gasteiger partial charge in [0.2, 0.25) is 5.91 Å². The average Bonchev–Trinajstić information content (AvgIpc) is 2.36. The van der Waals surface area contributed by atoms with Crippen LogP contribution in [0, 0.1) is 0 Å². The molecule has 1 rings (SSSR count). The molecule has 5 nitrogen and oxygen atoms in total. The molecule has 1 aromatic rings. The fraction of sp³-hybridized carbons (Fsp3) is 0.385. The molecule has 6 heteroatoms. The highest BCUT2D eigenvalue weighted by atomic mass is 35.5. The van der Waals surface area contributed by atoms with Gasteiger partial charge in [-0.05, 0) is 26.2 Å². The van der Waals surface area contributed by atoms with E-state index >= 15 is 0 Å². The number of imide groups is 1. The van der Waals surface area contributed by atoms with Crippen molar-refractivity contribution in [1.29, 1.82) is 0 Å². The Balaban J connectivity index is 2.49. The molecule has 2 amide bonds. The van der Waals surface area contributed by atoms with Crippen LogP contribution in [-0.2, 0) is 4.79 Å². The minimum absolute atomic E-state index is 0.165. The van der Waals surface area contributed by atoms with Crippen molar-refractivity contribution >= 4 is 23.4 Å². The summed E-state index contributed by atoms with van der Waals surface area (Å²) in [7, 11) is 3.66. The van der Waals surface area contributed by atoms with Crippen LogP contribution in [0.2, 0.25) is 5.02 Å². The third-order valence-electron chi connectivity index (χ3n) is 2.53. The number of hydrogen-bond acceptors (Lipinski definition) is 4. The van der Waals surface area contributed by atoms with Gasteiger partial charge in [0.05, 0.1) is 17.1 Å². The molecule has 19 heavy (non-hydrogen) atoms. The predicted octanol–water partition coefficient (Wildman–Crippen LogP) is 0.748. The Kier molecular flexibility index (Phi) is 6.49. The number of nitrogens with one attached hydrogen (secondary N) is 2. The topological polar surface area (TPSA) is 61.4 Å². The predicted molar refractivity (Wildman–Crippen MR) is 75.3 cm³/mol. The molecule has 104 valence electrons. The maximum Gasteiger partial charge on any atom is 0.259 e. The van der Waals surface area contributed by atoms with Crippen molar-refractivity contribution < 1.29 is 9.59 Å². The van der Waals surface area contributed by atoms with Gasteiger partial charge in [0, 0.05) is 13.1 Å². The zero-order valence-corrected chi connectivity index (χ0v) is 11.8. The van der Waals surface area contributed by atoms with Gasteiger partial charge >= 0.3 is 0 Å². The molecule has 0 aliphatic carbocycles. The number of carbonyl (C=O) groups excluding carboxylic acids is 2. The summed E-state index contributed by atoms with van der Waals surface area (Å²) in [6, 6.07) is 6.62. The number of likely N-dealkylation sites (N-methyl/N-ethyl adjacent to an activating group) is 2. The van der Waals surface area contributed by atoms with E-state index in [1.807, 2.05) is 19.0 Å². The zero-order chi connectivity index (χ0) is 14.3. The first-order valence-electron chi connectivity index (χ1n) is 5.96. The molecule has 0 saturated carbocycles. The molecule has 0 heterocycles. The molecule has 0 saturated heterocycles. The molecule has 0 fully saturated rings. The molecule has 0 aromatic heterocycles. The molecule has 1 aromatic carbocycles. The summed E-state index contributed by atoms with van der Waals surface area (Å²) in [5, 5.41) is 5.64. The van der Waals surface area contributed by atoms with E-state index in [0.717, 1.165) is 13.1 Å². The van der Waals surface area contributed by atoms with Crippen molar-refractivity contribution in [3.05, 3.63) is 34.9 Å². The van der Waals surface area contributed by atoms with Gasteiger partial charge in [0.25, 0.3) is 5.91 Å². The van der Waals surface area contributed by atoms with Crippen molar-refractivity contribution in [3.63, 3.8) is 0 Å². The van der Waals surface area contributed by atoms with Gasteiger partial charge in [-0.2, -0.15) is 0 Å². The van der Waals surface area contributed by atoms with Crippen molar-refractivity contribution in [1.82, 2.24) is 15.5 Å². The Hall–Kier alpha value is -1.43. The van der Waals surface area contributed by atoms with Crippen LogP contribution < -0.4 is 10.6 Å². The lowest BCUT2D eigenvalue weighted by molar-refractivity contribution is -0.120. The number of halogens is 1. The summed E-state index contributed by atoms with van der Waals surface area (Å²) >= 11 is 5.89. The quantitative estimate of drug-likeness (QED) is 0.809. The maximum atomic E-state index is 11.8. The van der Waals surface area contributed by atoms with Crippen LogP contribution in [0.3, 0.4) is 0 Å². The molecular weight excluding hydrogens is 266 g/mol. The van der Waals surface area contributed by atoms with E-state index in [1.165, 1.54) is 0 Å². The number of amides is 2. The van der Waals surface area contributed by atoms with Crippen LogP contribution in [0.4, 0.5) is 0 Å². The smallest absolute Gasteiger partial charge is 0.259 e. The Labute approximate surface area is 117 Å². The van der Waals surface area contributed by atoms with E-state index in [9.17, 15) is 9.59 Å². The Morgan fingerprint density at radius 3 is 2.63 bits per heavy atom. The zero-order valence-electron chi connectivity index (χ0n) is 11.1. The fourth-order valence-corrected chi connectivity index (χ4v) is 1.73. The van der Waals surface area contributed by atoms with Gasteiger partial charge in [-0.25, -0.2) is 0 Å². The molecule has 0 bridgehead atoms. The normalized spacial score (nSPS) is 10.5. The lowest BCUT2D eigenvalue weighted by atomic mass is 10.2. The summed E-state index contributed by atoms with van der Waals surface area (Å²) in [6.07, 6.45) is 0. The SMILES string of the molecule is CNCCN(C)CC(=O)NC(=O)c1ccccc1Cl. The molecule has 0 unspecified atom stereocenters. The van der Waals surface area contributed by atoms with Crippen molar-refractivity contribution in [2.45, 2.75) is 0 Å². The van der Waals surface area contributed by atoms with Gasteiger partial charge in [-0.3, -0.25) is 19.8 Å². The van der Waals surface area contributed by atoms with Crippen LogP contribution in [-0.4, -0.2) is 50.4 Å². The molecule has 0 aliphatic heterocycles. The van der Waals surface area contributed by atoms with Crippen LogP contribution in [0.25, 0.3) is 0 Å². The van der Waals surface area contributed by atoms with Crippen molar-refractivity contribution in [2.24, 2.45) is 0 Å². The van der Waals surface area contributed by atoms with Crippen LogP contribution >= 0.6 is 11.6 Å². The van der Waals surface area contributed by atoms with E-state index in [0.29, 0.717) is 10.6 Å². The minimum atomic E-state index is -0.474. The lowest BCUT2D eigenvalue weighted by Crippen LogP contribution is -2.40. The molecule has 0 atom stereocenters. The van der Waals surface area contributed by atoms with Gasteiger partial charge in [0.15, 0.2) is 0 Å². The second-order valence-corrected chi connectivity index (χ2v) is 4.61. The highest BCUT2D eigenvalue weighted by molar-refractivity contribution is 6.34. The van der Waals surface area contributed by atoms with E-state index in [1.54, 1.807) is 24.3 Å². The third kappa shape index (κ3) is 5.38. The Morgan fingerprint density at radius 2 is 2.00 bits per heavy atom. The first-order chi connectivity index (χ1) is 9.04. The maximum absolute atomic E-state index is 11.8. The Bertz CT molecular complexity index is 451.